The van der Waals surface area contributed by atoms with Crippen molar-refractivity contribution in [3.05, 3.63) is 48.2 Å². The van der Waals surface area contributed by atoms with Crippen molar-refractivity contribution in [2.24, 2.45) is 0 Å². The molecule has 92 valence electrons. The zero-order valence-corrected chi connectivity index (χ0v) is 9.87. The van der Waals surface area contributed by atoms with E-state index in [9.17, 15) is 0 Å². The van der Waals surface area contributed by atoms with Crippen LogP contribution in [0.1, 0.15) is 11.3 Å². The van der Waals surface area contributed by atoms with E-state index in [4.69, 9.17) is 9.68 Å². The average Bonchev–Trinajstić information content (AvgIpc) is 2.93. The van der Waals surface area contributed by atoms with E-state index in [0.29, 0.717) is 18.1 Å². The zero-order chi connectivity index (χ0) is 13.1. The maximum atomic E-state index is 8.75. The lowest BCUT2D eigenvalue weighted by Gasteiger charge is -2.05. The second kappa shape index (κ2) is 4.74. The summed E-state index contributed by atoms with van der Waals surface area (Å²) in [6.45, 7) is 0.582. The monoisotopic (exact) mass is 251 g/mol. The summed E-state index contributed by atoms with van der Waals surface area (Å²) in [5, 5.41) is 11.9. The van der Waals surface area contributed by atoms with Gasteiger partial charge in [0.25, 0.3) is 0 Å². The van der Waals surface area contributed by atoms with Gasteiger partial charge < -0.3 is 9.73 Å². The van der Waals surface area contributed by atoms with Gasteiger partial charge in [0.05, 0.1) is 0 Å². The van der Waals surface area contributed by atoms with Gasteiger partial charge >= 0.3 is 0 Å². The standard InChI is InChI=1S/C13H9N5O/c14-5-10-4-13(17-7-16-10)15-6-9-1-2-11-12(3-9)19-8-18-11/h1-4,7-8H,6H2,(H,15,16,17). The van der Waals surface area contributed by atoms with E-state index in [-0.39, 0.29) is 0 Å². The first-order chi connectivity index (χ1) is 9.35. The van der Waals surface area contributed by atoms with Crippen LogP contribution in [-0.2, 0) is 6.54 Å². The van der Waals surface area contributed by atoms with Crippen LogP contribution in [0.4, 0.5) is 5.82 Å². The van der Waals surface area contributed by atoms with E-state index in [1.165, 1.54) is 12.7 Å². The van der Waals surface area contributed by atoms with Crippen LogP contribution in [-0.4, -0.2) is 15.0 Å². The summed E-state index contributed by atoms with van der Waals surface area (Å²) in [6.07, 6.45) is 2.78. The van der Waals surface area contributed by atoms with Crippen molar-refractivity contribution >= 4 is 16.9 Å². The van der Waals surface area contributed by atoms with E-state index >= 15 is 0 Å². The molecular weight excluding hydrogens is 242 g/mol. The SMILES string of the molecule is N#Cc1cc(NCc2ccc3ncoc3c2)ncn1. The van der Waals surface area contributed by atoms with Crippen LogP contribution in [0.2, 0.25) is 0 Å². The molecule has 2 aromatic heterocycles. The lowest BCUT2D eigenvalue weighted by Crippen LogP contribution is -2.02. The molecule has 6 heteroatoms. The second-order valence-electron chi connectivity index (χ2n) is 3.91. The van der Waals surface area contributed by atoms with Crippen LogP contribution in [0.5, 0.6) is 0 Å². The van der Waals surface area contributed by atoms with Crippen molar-refractivity contribution in [2.75, 3.05) is 5.32 Å². The molecule has 0 unspecified atom stereocenters. The van der Waals surface area contributed by atoms with Crippen molar-refractivity contribution in [3.63, 3.8) is 0 Å². The Kier molecular flexibility index (Phi) is 2.79. The molecule has 0 bridgehead atoms. The van der Waals surface area contributed by atoms with Gasteiger partial charge in [-0.05, 0) is 17.7 Å². The number of oxazole rings is 1. The third-order valence-electron chi connectivity index (χ3n) is 2.65. The Morgan fingerprint density at radius 1 is 1.21 bits per heavy atom. The van der Waals surface area contributed by atoms with E-state index < -0.39 is 0 Å². The summed E-state index contributed by atoms with van der Waals surface area (Å²) in [7, 11) is 0. The lowest BCUT2D eigenvalue weighted by atomic mass is 10.2. The molecule has 0 saturated heterocycles. The molecule has 2 heterocycles. The van der Waals surface area contributed by atoms with Crippen molar-refractivity contribution in [1.29, 1.82) is 5.26 Å². The fraction of sp³-hybridized carbons (Fsp3) is 0.0769. The summed E-state index contributed by atoms with van der Waals surface area (Å²) in [6, 6.07) is 9.36. The van der Waals surface area contributed by atoms with Crippen LogP contribution in [0.25, 0.3) is 11.1 Å². The molecule has 1 aromatic carbocycles. The number of anilines is 1. The zero-order valence-electron chi connectivity index (χ0n) is 9.87. The Bertz CT molecular complexity index is 759. The highest BCUT2D eigenvalue weighted by Gasteiger charge is 2.01. The second-order valence-corrected chi connectivity index (χ2v) is 3.91. The van der Waals surface area contributed by atoms with E-state index in [1.807, 2.05) is 24.3 Å². The molecule has 0 radical (unpaired) electrons. The van der Waals surface area contributed by atoms with E-state index in [0.717, 1.165) is 16.7 Å². The summed E-state index contributed by atoms with van der Waals surface area (Å²) in [5.41, 5.74) is 2.96. The summed E-state index contributed by atoms with van der Waals surface area (Å²) in [4.78, 5) is 11.9. The first-order valence-electron chi connectivity index (χ1n) is 5.63. The molecule has 0 aliphatic carbocycles. The van der Waals surface area contributed by atoms with Gasteiger partial charge in [-0.1, -0.05) is 6.07 Å². The van der Waals surface area contributed by atoms with Crippen LogP contribution in [0.15, 0.2) is 41.4 Å². The van der Waals surface area contributed by atoms with Gasteiger partial charge in [-0.25, -0.2) is 15.0 Å². The Morgan fingerprint density at radius 2 is 2.16 bits per heavy atom. The predicted molar refractivity (Wildman–Crippen MR) is 68.1 cm³/mol. The van der Waals surface area contributed by atoms with Crippen LogP contribution < -0.4 is 5.32 Å². The maximum absolute atomic E-state index is 8.75. The van der Waals surface area contributed by atoms with Gasteiger partial charge in [0.15, 0.2) is 12.0 Å². The minimum absolute atomic E-state index is 0.336. The first kappa shape index (κ1) is 11.2. The molecule has 1 N–H and O–H groups in total. The number of benzene rings is 1. The molecule has 3 aromatic rings. The van der Waals surface area contributed by atoms with Gasteiger partial charge in [0.1, 0.15) is 29.4 Å². The van der Waals surface area contributed by atoms with Crippen LogP contribution in [0.3, 0.4) is 0 Å². The number of rotatable bonds is 3. The molecule has 0 saturated carbocycles. The summed E-state index contributed by atoms with van der Waals surface area (Å²) < 4.78 is 5.24. The minimum atomic E-state index is 0.336. The predicted octanol–water partition coefficient (Wildman–Crippen LogP) is 2.10. The largest absolute Gasteiger partial charge is 0.443 e. The highest BCUT2D eigenvalue weighted by atomic mass is 16.3. The number of nitrogens with zero attached hydrogens (tertiary/aromatic N) is 4. The molecule has 0 aliphatic rings. The topological polar surface area (TPSA) is 87.6 Å². The smallest absolute Gasteiger partial charge is 0.181 e. The fourth-order valence-electron chi connectivity index (χ4n) is 1.72. The molecule has 6 nitrogen and oxygen atoms in total. The molecule has 0 aliphatic heterocycles. The van der Waals surface area contributed by atoms with Crippen molar-refractivity contribution < 1.29 is 4.42 Å². The van der Waals surface area contributed by atoms with Gasteiger partial charge in [-0.3, -0.25) is 0 Å². The fourth-order valence-corrected chi connectivity index (χ4v) is 1.72. The van der Waals surface area contributed by atoms with Crippen molar-refractivity contribution in [3.8, 4) is 6.07 Å². The molecule has 0 amide bonds. The number of fused-ring (bicyclic) bond motifs is 1. The molecule has 0 spiro atoms. The summed E-state index contributed by atoms with van der Waals surface area (Å²) in [5.74, 6) is 0.615. The van der Waals surface area contributed by atoms with Gasteiger partial charge in [0, 0.05) is 12.6 Å². The van der Waals surface area contributed by atoms with Crippen molar-refractivity contribution in [1.82, 2.24) is 15.0 Å². The normalized spacial score (nSPS) is 10.3. The quantitative estimate of drug-likeness (QED) is 0.766. The third kappa shape index (κ3) is 2.35. The Balaban J connectivity index is 1.76. The summed E-state index contributed by atoms with van der Waals surface area (Å²) >= 11 is 0. The molecule has 0 atom stereocenters. The molecule has 3 rings (SSSR count). The highest BCUT2D eigenvalue weighted by Crippen LogP contribution is 2.15. The van der Waals surface area contributed by atoms with Gasteiger partial charge in [-0.15, -0.1) is 0 Å². The number of hydrogen-bond donors (Lipinski definition) is 1. The average molecular weight is 251 g/mol. The Morgan fingerprint density at radius 3 is 3.05 bits per heavy atom. The van der Waals surface area contributed by atoms with Crippen molar-refractivity contribution in [2.45, 2.75) is 6.54 Å². The number of aromatic nitrogens is 3. The molecular formula is C13H9N5O. The van der Waals surface area contributed by atoms with E-state index in [1.54, 1.807) is 6.07 Å². The van der Waals surface area contributed by atoms with Gasteiger partial charge in [0.2, 0.25) is 0 Å². The minimum Gasteiger partial charge on any atom is -0.443 e. The maximum Gasteiger partial charge on any atom is 0.181 e. The number of nitrogens with one attached hydrogen (secondary N) is 1. The highest BCUT2D eigenvalue weighted by molar-refractivity contribution is 5.72. The lowest BCUT2D eigenvalue weighted by molar-refractivity contribution is 0.602. The first-order valence-corrected chi connectivity index (χ1v) is 5.63. The molecule has 0 fully saturated rings. The molecule has 19 heavy (non-hydrogen) atoms. The Labute approximate surface area is 108 Å². The number of nitriles is 1. The third-order valence-corrected chi connectivity index (χ3v) is 2.65. The Hall–Kier alpha value is -2.94. The van der Waals surface area contributed by atoms with Gasteiger partial charge in [-0.2, -0.15) is 5.26 Å². The van der Waals surface area contributed by atoms with Crippen LogP contribution in [0, 0.1) is 11.3 Å². The number of hydrogen-bond acceptors (Lipinski definition) is 6. The van der Waals surface area contributed by atoms with Crippen LogP contribution >= 0.6 is 0 Å². The van der Waals surface area contributed by atoms with E-state index in [2.05, 4.69) is 20.3 Å².